The van der Waals surface area contributed by atoms with Gasteiger partial charge in [-0.25, -0.2) is 0 Å². The largest absolute Gasteiger partial charge is 0.354 e. The van der Waals surface area contributed by atoms with Crippen molar-refractivity contribution in [1.82, 2.24) is 0 Å². The second kappa shape index (κ2) is 11.0. The van der Waals surface area contributed by atoms with Gasteiger partial charge in [0.2, 0.25) is 0 Å². The van der Waals surface area contributed by atoms with E-state index >= 15 is 0 Å². The average molecular weight is 588 g/mol. The van der Waals surface area contributed by atoms with Crippen molar-refractivity contribution in [3.05, 3.63) is 138 Å². The van der Waals surface area contributed by atoms with Crippen LogP contribution in [0.3, 0.4) is 0 Å². The average Bonchev–Trinajstić information content (AvgIpc) is 3.57. The van der Waals surface area contributed by atoms with Gasteiger partial charge in [-0.3, -0.25) is 0 Å². The third-order valence-electron chi connectivity index (χ3n) is 8.57. The molecule has 8 rings (SSSR count). The van der Waals surface area contributed by atoms with Gasteiger partial charge in [-0.15, -0.1) is 11.3 Å². The van der Waals surface area contributed by atoms with Crippen molar-refractivity contribution in [2.45, 2.75) is 19.3 Å². The minimum atomic E-state index is 1.03. The van der Waals surface area contributed by atoms with E-state index in [9.17, 15) is 0 Å². The molecule has 0 aliphatic heterocycles. The summed E-state index contributed by atoms with van der Waals surface area (Å²) in [5.41, 5.74) is 6.66. The Hall–Kier alpha value is -4.38. The van der Waals surface area contributed by atoms with Crippen LogP contribution in [-0.4, -0.2) is 7.85 Å². The topological polar surface area (TPSA) is 12.0 Å². The number of fused-ring (bicyclic) bond motifs is 4. The lowest BCUT2D eigenvalue weighted by Gasteiger charge is -2.15. The zero-order valence-corrected chi connectivity index (χ0v) is 25.7. The molecule has 0 aliphatic carbocycles. The van der Waals surface area contributed by atoms with E-state index in [1.807, 2.05) is 22.7 Å². The van der Waals surface area contributed by atoms with Gasteiger partial charge in [0.25, 0.3) is 0 Å². The monoisotopic (exact) mass is 587 g/mol. The highest BCUT2D eigenvalue weighted by molar-refractivity contribution is 7.27. The van der Waals surface area contributed by atoms with Crippen molar-refractivity contribution in [2.75, 3.05) is 5.32 Å². The van der Waals surface area contributed by atoms with E-state index in [0.29, 0.717) is 0 Å². The first-order valence-corrected chi connectivity index (χ1v) is 16.6. The molecule has 0 saturated carbocycles. The first-order chi connectivity index (χ1) is 21.2. The van der Waals surface area contributed by atoms with E-state index in [4.69, 9.17) is 0 Å². The number of anilines is 2. The maximum Gasteiger partial charge on any atom is 0.153 e. The summed E-state index contributed by atoms with van der Waals surface area (Å²) in [7, 11) is 2.29. The van der Waals surface area contributed by atoms with Crippen LogP contribution < -0.4 is 10.1 Å². The molecule has 8 aromatic rings. The summed E-state index contributed by atoms with van der Waals surface area (Å²) < 4.78 is 4.10. The van der Waals surface area contributed by atoms with E-state index in [-0.39, 0.29) is 0 Å². The molecule has 0 aliphatic rings. The first kappa shape index (κ1) is 26.3. The highest BCUT2D eigenvalue weighted by atomic mass is 32.1. The number of hydrogen-bond donors (Lipinski definition) is 1. The van der Waals surface area contributed by atoms with Gasteiger partial charge in [0.1, 0.15) is 0 Å². The normalized spacial score (nSPS) is 11.6. The smallest absolute Gasteiger partial charge is 0.153 e. The molecule has 4 heteroatoms. The van der Waals surface area contributed by atoms with Gasteiger partial charge in [0.05, 0.1) is 5.69 Å². The molecule has 0 spiro atoms. The van der Waals surface area contributed by atoms with Crippen molar-refractivity contribution < 1.29 is 0 Å². The van der Waals surface area contributed by atoms with Crippen LogP contribution in [0.5, 0.6) is 0 Å². The Labute approximate surface area is 260 Å². The molecule has 1 nitrogen and oxygen atoms in total. The molecule has 43 heavy (non-hydrogen) atoms. The molecule has 0 unspecified atom stereocenters. The quantitative estimate of drug-likeness (QED) is 0.183. The molecular weight excluding hydrogens is 557 g/mol. The zero-order valence-electron chi connectivity index (χ0n) is 24.1. The Kier molecular flexibility index (Phi) is 6.74. The van der Waals surface area contributed by atoms with Crippen molar-refractivity contribution in [3.8, 4) is 11.1 Å². The molecule has 0 bridgehead atoms. The number of hydrogen-bond acceptors (Lipinski definition) is 3. The molecule has 206 valence electrons. The zero-order chi connectivity index (χ0) is 28.8. The van der Waals surface area contributed by atoms with E-state index < -0.39 is 0 Å². The summed E-state index contributed by atoms with van der Waals surface area (Å²) in [5, 5.41) is 11.7. The third-order valence-corrected chi connectivity index (χ3v) is 10.9. The number of rotatable bonds is 7. The van der Waals surface area contributed by atoms with Gasteiger partial charge in [-0.2, -0.15) is 11.3 Å². The van der Waals surface area contributed by atoms with Gasteiger partial charge in [0, 0.05) is 25.4 Å². The van der Waals surface area contributed by atoms with Crippen LogP contribution in [0.4, 0.5) is 11.4 Å². The van der Waals surface area contributed by atoms with E-state index in [2.05, 4.69) is 141 Å². The maximum atomic E-state index is 3.83. The molecule has 6 aromatic carbocycles. The number of benzene rings is 6. The Balaban J connectivity index is 1.15. The van der Waals surface area contributed by atoms with Crippen molar-refractivity contribution in [3.63, 3.8) is 0 Å². The summed E-state index contributed by atoms with van der Waals surface area (Å²) in [4.78, 5) is 1.42. The molecule has 0 atom stereocenters. The summed E-state index contributed by atoms with van der Waals surface area (Å²) in [6, 6.07) is 46.5. The minimum Gasteiger partial charge on any atom is -0.354 e. The van der Waals surface area contributed by atoms with Crippen LogP contribution in [-0.2, 0) is 12.8 Å². The highest BCUT2D eigenvalue weighted by Gasteiger charge is 2.18. The SMILES string of the molecule is Bc1sc2ccccc2c1-c1c(CCCc2sc3ccccc3c2Nc2ccc3ccccc3c2)ccc2ccccc12. The van der Waals surface area contributed by atoms with Crippen LogP contribution in [0.1, 0.15) is 16.9 Å². The fourth-order valence-electron chi connectivity index (χ4n) is 6.56. The molecular formula is C39H30BNS2. The van der Waals surface area contributed by atoms with E-state index in [1.165, 1.54) is 73.7 Å². The maximum absolute atomic E-state index is 3.83. The van der Waals surface area contributed by atoms with E-state index in [1.54, 1.807) is 0 Å². The predicted molar refractivity (Wildman–Crippen MR) is 194 cm³/mol. The minimum absolute atomic E-state index is 1.03. The van der Waals surface area contributed by atoms with E-state index in [0.717, 1.165) is 24.9 Å². The fraction of sp³-hybridized carbons (Fsp3) is 0.0769. The molecule has 0 fully saturated rings. The molecule has 1 N–H and O–H groups in total. The molecule has 0 saturated heterocycles. The Morgan fingerprint density at radius 3 is 2.02 bits per heavy atom. The van der Waals surface area contributed by atoms with Gasteiger partial charge in [0.15, 0.2) is 7.85 Å². The van der Waals surface area contributed by atoms with Crippen LogP contribution >= 0.6 is 22.7 Å². The lowest BCUT2D eigenvalue weighted by Crippen LogP contribution is -2.03. The first-order valence-electron chi connectivity index (χ1n) is 15.0. The van der Waals surface area contributed by atoms with Crippen LogP contribution in [0, 0.1) is 0 Å². The Morgan fingerprint density at radius 1 is 0.535 bits per heavy atom. The summed E-state index contributed by atoms with van der Waals surface area (Å²) in [5.74, 6) is 0. The van der Waals surface area contributed by atoms with Crippen LogP contribution in [0.15, 0.2) is 127 Å². The molecule has 0 radical (unpaired) electrons. The van der Waals surface area contributed by atoms with Gasteiger partial charge >= 0.3 is 0 Å². The summed E-state index contributed by atoms with van der Waals surface area (Å²) >= 11 is 3.84. The third kappa shape index (κ3) is 4.81. The fourth-order valence-corrected chi connectivity index (χ4v) is 8.83. The van der Waals surface area contributed by atoms with Gasteiger partial charge in [-0.05, 0) is 91.9 Å². The number of aryl methyl sites for hydroxylation is 2. The number of nitrogens with one attached hydrogen (secondary N) is 1. The molecule has 2 aromatic heterocycles. The highest BCUT2D eigenvalue weighted by Crippen LogP contribution is 2.41. The Bertz CT molecular complexity index is 2280. The lowest BCUT2D eigenvalue weighted by molar-refractivity contribution is 0.834. The predicted octanol–water partition coefficient (Wildman–Crippen LogP) is 10.3. The van der Waals surface area contributed by atoms with Crippen molar-refractivity contribution >= 4 is 88.4 Å². The lowest BCUT2D eigenvalue weighted by atomic mass is 9.86. The van der Waals surface area contributed by atoms with Gasteiger partial charge in [-0.1, -0.05) is 103 Å². The number of thiophene rings is 2. The Morgan fingerprint density at radius 2 is 1.19 bits per heavy atom. The molecule has 0 amide bonds. The molecule has 2 heterocycles. The van der Waals surface area contributed by atoms with Crippen molar-refractivity contribution in [2.24, 2.45) is 0 Å². The van der Waals surface area contributed by atoms with Crippen molar-refractivity contribution in [1.29, 1.82) is 0 Å². The summed E-state index contributed by atoms with van der Waals surface area (Å²) in [6.07, 6.45) is 3.16. The standard InChI is InChI=1S/C39H30BNS2/c40-39-37(31-15-5-7-17-33(31)43-39)36-27(21-20-26-11-3-4-14-30(26)36)13-9-19-35-38(32-16-6-8-18-34(32)42-35)41-29-23-22-25-10-1-2-12-28(25)24-29/h1-8,10-12,14-18,20-24,41H,9,13,19,40H2. The van der Waals surface area contributed by atoms with Gasteiger partial charge < -0.3 is 5.32 Å². The summed E-state index contributed by atoms with van der Waals surface area (Å²) in [6.45, 7) is 0. The second-order valence-corrected chi connectivity index (χ2v) is 13.7. The van der Waals surface area contributed by atoms with Crippen LogP contribution in [0.25, 0.3) is 52.8 Å². The second-order valence-electron chi connectivity index (χ2n) is 11.3. The van der Waals surface area contributed by atoms with Crippen LogP contribution in [0.2, 0.25) is 0 Å².